The number of carbonyl (C=O) groups is 2. The largest absolute Gasteiger partial charge is 0.507 e. The lowest BCUT2D eigenvalue weighted by Crippen LogP contribution is -2.42. The molecule has 216 valence electrons. The molecule has 2 aliphatic rings. The molecular formula is C30H34N4O7. The third-order valence-corrected chi connectivity index (χ3v) is 7.60. The summed E-state index contributed by atoms with van der Waals surface area (Å²) in [6.07, 6.45) is 1.50. The average Bonchev–Trinajstić information content (AvgIpc) is 3.52. The highest BCUT2D eigenvalue weighted by Crippen LogP contribution is 2.46. The van der Waals surface area contributed by atoms with Gasteiger partial charge in [-0.25, -0.2) is 4.68 Å². The number of Topliss-reactive ketones (excluding diaryl/α,β-unsaturated/α-hetero) is 1. The fourth-order valence-electron chi connectivity index (χ4n) is 5.39. The van der Waals surface area contributed by atoms with Crippen molar-refractivity contribution < 1.29 is 33.6 Å². The number of aromatic nitrogens is 2. The van der Waals surface area contributed by atoms with Gasteiger partial charge in [0.25, 0.3) is 11.7 Å². The molecule has 5 rings (SSSR count). The Morgan fingerprint density at radius 1 is 0.976 bits per heavy atom. The lowest BCUT2D eigenvalue weighted by atomic mass is 9.94. The number of para-hydroxylation sites is 1. The van der Waals surface area contributed by atoms with Gasteiger partial charge >= 0.3 is 0 Å². The summed E-state index contributed by atoms with van der Waals surface area (Å²) in [5.41, 5.74) is 2.21. The normalized spacial score (nSPS) is 19.0. The van der Waals surface area contributed by atoms with Crippen LogP contribution in [0.1, 0.15) is 22.9 Å². The van der Waals surface area contributed by atoms with Crippen LogP contribution in [0.25, 0.3) is 11.4 Å². The highest BCUT2D eigenvalue weighted by Gasteiger charge is 2.47. The molecule has 0 spiro atoms. The molecule has 1 atom stereocenters. The highest BCUT2D eigenvalue weighted by atomic mass is 16.5. The smallest absolute Gasteiger partial charge is 0.295 e. The van der Waals surface area contributed by atoms with Crippen molar-refractivity contribution in [1.29, 1.82) is 0 Å². The minimum atomic E-state index is -0.940. The number of nitrogens with zero attached hydrogens (tertiary/aromatic N) is 4. The molecule has 3 aromatic rings. The summed E-state index contributed by atoms with van der Waals surface area (Å²) in [6, 6.07) is 11.9. The van der Waals surface area contributed by atoms with E-state index in [1.54, 1.807) is 23.7 Å². The molecule has 2 aromatic carbocycles. The Morgan fingerprint density at radius 2 is 1.63 bits per heavy atom. The maximum absolute atomic E-state index is 13.7. The van der Waals surface area contributed by atoms with Crippen molar-refractivity contribution in [3.63, 3.8) is 0 Å². The number of likely N-dealkylation sites (tertiary alicyclic amines) is 1. The molecule has 0 bridgehead atoms. The zero-order valence-corrected chi connectivity index (χ0v) is 23.6. The van der Waals surface area contributed by atoms with E-state index in [2.05, 4.69) is 10.00 Å². The molecule has 1 unspecified atom stereocenters. The van der Waals surface area contributed by atoms with Crippen LogP contribution in [-0.2, 0) is 14.3 Å². The maximum atomic E-state index is 13.7. The van der Waals surface area contributed by atoms with Crippen LogP contribution in [0.4, 0.5) is 0 Å². The van der Waals surface area contributed by atoms with Gasteiger partial charge < -0.3 is 29.0 Å². The van der Waals surface area contributed by atoms with Crippen molar-refractivity contribution in [2.24, 2.45) is 0 Å². The molecular weight excluding hydrogens is 528 g/mol. The Morgan fingerprint density at radius 3 is 2.29 bits per heavy atom. The first kappa shape index (κ1) is 28.2. The van der Waals surface area contributed by atoms with Gasteiger partial charge in [0.05, 0.1) is 69.3 Å². The molecule has 11 nitrogen and oxygen atoms in total. The quantitative estimate of drug-likeness (QED) is 0.239. The number of amides is 1. The van der Waals surface area contributed by atoms with Crippen LogP contribution in [0.15, 0.2) is 54.2 Å². The van der Waals surface area contributed by atoms with E-state index in [0.29, 0.717) is 53.8 Å². The van der Waals surface area contributed by atoms with Crippen molar-refractivity contribution in [2.75, 3.05) is 60.7 Å². The lowest BCUT2D eigenvalue weighted by Gasteiger charge is -2.31. The van der Waals surface area contributed by atoms with E-state index in [1.165, 1.54) is 32.4 Å². The second kappa shape index (κ2) is 12.0. The summed E-state index contributed by atoms with van der Waals surface area (Å²) in [5.74, 6) is -0.575. The van der Waals surface area contributed by atoms with Crippen molar-refractivity contribution >= 4 is 17.4 Å². The van der Waals surface area contributed by atoms with Crippen molar-refractivity contribution in [1.82, 2.24) is 19.6 Å². The van der Waals surface area contributed by atoms with Crippen LogP contribution >= 0.6 is 0 Å². The molecule has 1 N–H and O–H groups in total. The fourth-order valence-corrected chi connectivity index (χ4v) is 5.39. The third-order valence-electron chi connectivity index (χ3n) is 7.60. The minimum Gasteiger partial charge on any atom is -0.507 e. The van der Waals surface area contributed by atoms with Gasteiger partial charge in [0.2, 0.25) is 0 Å². The summed E-state index contributed by atoms with van der Waals surface area (Å²) < 4.78 is 23.8. The SMILES string of the molecule is COc1cc(OC)c(C2/C(=C(\O)c3cnn(-c4ccccc4)c3C)C(=O)C(=O)N2CCN2CCOCC2)cc1OC. The predicted octanol–water partition coefficient (Wildman–Crippen LogP) is 2.96. The number of ketones is 1. The Kier molecular flexibility index (Phi) is 8.27. The van der Waals surface area contributed by atoms with E-state index >= 15 is 0 Å². The van der Waals surface area contributed by atoms with Crippen LogP contribution in [-0.4, -0.2) is 97.1 Å². The molecule has 0 radical (unpaired) electrons. The van der Waals surface area contributed by atoms with Gasteiger partial charge in [-0.1, -0.05) is 18.2 Å². The second-order valence-electron chi connectivity index (χ2n) is 9.79. The van der Waals surface area contributed by atoms with Crippen LogP contribution in [0, 0.1) is 6.92 Å². The highest BCUT2D eigenvalue weighted by molar-refractivity contribution is 6.46. The van der Waals surface area contributed by atoms with Crippen molar-refractivity contribution in [3.05, 3.63) is 71.1 Å². The third kappa shape index (κ3) is 5.25. The zero-order valence-electron chi connectivity index (χ0n) is 23.6. The van der Waals surface area contributed by atoms with Gasteiger partial charge in [0.1, 0.15) is 11.5 Å². The van der Waals surface area contributed by atoms with E-state index in [1.807, 2.05) is 30.3 Å². The van der Waals surface area contributed by atoms with Crippen LogP contribution in [0.5, 0.6) is 17.2 Å². The number of aliphatic hydroxyl groups excluding tert-OH is 1. The minimum absolute atomic E-state index is 0.0433. The Balaban J connectivity index is 1.65. The predicted molar refractivity (Wildman–Crippen MR) is 151 cm³/mol. The molecule has 2 saturated heterocycles. The van der Waals surface area contributed by atoms with Gasteiger partial charge in [-0.15, -0.1) is 0 Å². The number of rotatable bonds is 9. The molecule has 2 aliphatic heterocycles. The molecule has 11 heteroatoms. The number of hydrogen-bond donors (Lipinski definition) is 1. The first-order valence-electron chi connectivity index (χ1n) is 13.4. The number of benzene rings is 2. The number of aliphatic hydroxyl groups is 1. The van der Waals surface area contributed by atoms with E-state index in [-0.39, 0.29) is 17.9 Å². The van der Waals surface area contributed by atoms with Crippen molar-refractivity contribution in [2.45, 2.75) is 13.0 Å². The number of hydrogen-bond acceptors (Lipinski definition) is 9. The average molecular weight is 563 g/mol. The van der Waals surface area contributed by atoms with E-state index in [4.69, 9.17) is 18.9 Å². The number of morpholine rings is 1. The number of ether oxygens (including phenoxy) is 4. The number of methoxy groups -OCH3 is 3. The molecule has 0 aliphatic carbocycles. The van der Waals surface area contributed by atoms with Gasteiger partial charge in [-0.2, -0.15) is 5.10 Å². The van der Waals surface area contributed by atoms with Gasteiger partial charge in [-0.3, -0.25) is 14.5 Å². The van der Waals surface area contributed by atoms with E-state index in [0.717, 1.165) is 18.8 Å². The Bertz CT molecular complexity index is 1460. The standard InChI is InChI=1S/C30H34N4O7/c1-19-22(18-31-34(19)20-8-6-5-7-9-20)28(35)26-27(21-16-24(39-3)25(40-4)17-23(21)38-2)33(30(37)29(26)36)11-10-32-12-14-41-15-13-32/h5-9,16-18,27,35H,10-15H2,1-4H3/b28-26+. The molecule has 41 heavy (non-hydrogen) atoms. The summed E-state index contributed by atoms with van der Waals surface area (Å²) in [7, 11) is 4.52. The summed E-state index contributed by atoms with van der Waals surface area (Å²) in [5, 5.41) is 16.2. The molecule has 0 saturated carbocycles. The summed E-state index contributed by atoms with van der Waals surface area (Å²) in [4.78, 5) is 30.9. The summed E-state index contributed by atoms with van der Waals surface area (Å²) in [6.45, 7) is 5.26. The van der Waals surface area contributed by atoms with Crippen LogP contribution < -0.4 is 14.2 Å². The fraction of sp³-hybridized carbons (Fsp3) is 0.367. The zero-order chi connectivity index (χ0) is 29.1. The Labute approximate surface area is 238 Å². The van der Waals surface area contributed by atoms with Crippen LogP contribution in [0.3, 0.4) is 0 Å². The Hall–Kier alpha value is -4.35. The van der Waals surface area contributed by atoms with Crippen LogP contribution in [0.2, 0.25) is 0 Å². The first-order chi connectivity index (χ1) is 19.9. The van der Waals surface area contributed by atoms with E-state index < -0.39 is 17.7 Å². The van der Waals surface area contributed by atoms with Gasteiger partial charge in [-0.05, 0) is 25.1 Å². The monoisotopic (exact) mass is 562 g/mol. The second-order valence-corrected chi connectivity index (χ2v) is 9.79. The van der Waals surface area contributed by atoms with Crippen molar-refractivity contribution in [3.8, 4) is 22.9 Å². The molecule has 1 amide bonds. The lowest BCUT2D eigenvalue weighted by molar-refractivity contribution is -0.140. The molecule has 2 fully saturated rings. The summed E-state index contributed by atoms with van der Waals surface area (Å²) >= 11 is 0. The topological polar surface area (TPSA) is 116 Å². The van der Waals surface area contributed by atoms with Gasteiger partial charge in [0, 0.05) is 37.8 Å². The maximum Gasteiger partial charge on any atom is 0.295 e. The molecule has 3 heterocycles. The first-order valence-corrected chi connectivity index (χ1v) is 13.4. The van der Waals surface area contributed by atoms with Gasteiger partial charge in [0.15, 0.2) is 11.5 Å². The molecule has 1 aromatic heterocycles. The van der Waals surface area contributed by atoms with E-state index in [9.17, 15) is 14.7 Å². The number of carbonyl (C=O) groups excluding carboxylic acids is 2.